The summed E-state index contributed by atoms with van der Waals surface area (Å²) in [4.78, 5) is 25.3. The minimum absolute atomic E-state index is 0.0986. The fraction of sp³-hybridized carbons (Fsp3) is 0.300. The molecule has 0 aliphatic carbocycles. The quantitative estimate of drug-likeness (QED) is 0.736. The third-order valence-electron chi connectivity index (χ3n) is 4.98. The molecule has 0 spiro atoms. The molecular weight excluding hydrogens is 369 g/mol. The Hall–Kier alpha value is -2.44. The van der Waals surface area contributed by atoms with E-state index in [1.807, 2.05) is 31.2 Å². The van der Waals surface area contributed by atoms with Crippen LogP contribution in [0.5, 0.6) is 0 Å². The van der Waals surface area contributed by atoms with Gasteiger partial charge >= 0.3 is 0 Å². The van der Waals surface area contributed by atoms with Gasteiger partial charge in [-0.1, -0.05) is 42.8 Å². The number of rotatable bonds is 5. The Labute approximate surface area is 162 Å². The van der Waals surface area contributed by atoms with E-state index in [-0.39, 0.29) is 22.2 Å². The van der Waals surface area contributed by atoms with Crippen molar-refractivity contribution < 1.29 is 14.0 Å². The summed E-state index contributed by atoms with van der Waals surface area (Å²) in [5.41, 5.74) is 1.48. The van der Waals surface area contributed by atoms with Crippen LogP contribution in [0.1, 0.15) is 28.4 Å². The predicted molar refractivity (Wildman–Crippen MR) is 104 cm³/mol. The second-order valence-electron chi connectivity index (χ2n) is 6.54. The standard InChI is InChI=1S/C20H21ClFN3O2/c1-3-12-6-4-5-7-14(12)20(10-24-11-20)19(27)25-17-9-16(22)15(21)8-13(17)18(26)23-2/h4-9,24H,3,10-11H2,1-2H3,(H,23,26)(H,25,27). The van der Waals surface area contributed by atoms with E-state index in [4.69, 9.17) is 11.6 Å². The summed E-state index contributed by atoms with van der Waals surface area (Å²) in [7, 11) is 1.46. The van der Waals surface area contributed by atoms with E-state index >= 15 is 0 Å². The lowest BCUT2D eigenvalue weighted by Crippen LogP contribution is -2.63. The van der Waals surface area contributed by atoms with Crippen molar-refractivity contribution in [3.8, 4) is 0 Å². The van der Waals surface area contributed by atoms with Gasteiger partial charge in [-0.25, -0.2) is 4.39 Å². The number of aryl methyl sites for hydroxylation is 1. The first-order valence-corrected chi connectivity index (χ1v) is 9.12. The molecule has 0 radical (unpaired) electrons. The highest BCUT2D eigenvalue weighted by atomic mass is 35.5. The van der Waals surface area contributed by atoms with Gasteiger partial charge in [-0.3, -0.25) is 9.59 Å². The van der Waals surface area contributed by atoms with Crippen LogP contribution >= 0.6 is 11.6 Å². The molecule has 1 aliphatic heterocycles. The molecule has 2 aromatic rings. The molecule has 3 N–H and O–H groups in total. The molecule has 5 nitrogen and oxygen atoms in total. The number of nitrogens with one attached hydrogen (secondary N) is 3. The van der Waals surface area contributed by atoms with E-state index in [1.54, 1.807) is 0 Å². The van der Waals surface area contributed by atoms with Gasteiger partial charge in [-0.2, -0.15) is 0 Å². The van der Waals surface area contributed by atoms with Crippen LogP contribution in [-0.2, 0) is 16.6 Å². The SMILES string of the molecule is CCc1ccccc1C1(C(=O)Nc2cc(F)c(Cl)cc2C(=O)NC)CNC1. The minimum Gasteiger partial charge on any atom is -0.355 e. The molecule has 2 aromatic carbocycles. The van der Waals surface area contributed by atoms with E-state index in [0.717, 1.165) is 23.6 Å². The zero-order valence-corrected chi connectivity index (χ0v) is 15.9. The fourth-order valence-corrected chi connectivity index (χ4v) is 3.52. The van der Waals surface area contributed by atoms with E-state index in [1.165, 1.54) is 13.1 Å². The molecule has 7 heteroatoms. The number of hydrogen-bond donors (Lipinski definition) is 3. The molecule has 27 heavy (non-hydrogen) atoms. The first-order chi connectivity index (χ1) is 12.9. The van der Waals surface area contributed by atoms with Crippen molar-refractivity contribution in [2.75, 3.05) is 25.5 Å². The van der Waals surface area contributed by atoms with Crippen LogP contribution in [0.4, 0.5) is 10.1 Å². The maximum atomic E-state index is 14.0. The predicted octanol–water partition coefficient (Wildman–Crippen LogP) is 2.88. The van der Waals surface area contributed by atoms with Gasteiger partial charge in [0.25, 0.3) is 5.91 Å². The lowest BCUT2D eigenvalue weighted by atomic mass is 9.72. The van der Waals surface area contributed by atoms with Crippen molar-refractivity contribution in [1.29, 1.82) is 0 Å². The van der Waals surface area contributed by atoms with Crippen molar-refractivity contribution >= 4 is 29.1 Å². The van der Waals surface area contributed by atoms with Gasteiger partial charge in [0.05, 0.1) is 21.7 Å². The second-order valence-corrected chi connectivity index (χ2v) is 6.95. The van der Waals surface area contributed by atoms with Crippen LogP contribution in [0.3, 0.4) is 0 Å². The van der Waals surface area contributed by atoms with E-state index < -0.39 is 17.1 Å². The van der Waals surface area contributed by atoms with Crippen LogP contribution in [0.15, 0.2) is 36.4 Å². The Morgan fingerprint density at radius 2 is 1.96 bits per heavy atom. The Bertz CT molecular complexity index is 897. The van der Waals surface area contributed by atoms with E-state index in [9.17, 15) is 14.0 Å². The van der Waals surface area contributed by atoms with Crippen molar-refractivity contribution in [2.45, 2.75) is 18.8 Å². The van der Waals surface area contributed by atoms with Gasteiger partial charge < -0.3 is 16.0 Å². The largest absolute Gasteiger partial charge is 0.355 e. The summed E-state index contributed by atoms with van der Waals surface area (Å²) in [5.74, 6) is -1.44. The topological polar surface area (TPSA) is 70.2 Å². The summed E-state index contributed by atoms with van der Waals surface area (Å²) >= 11 is 5.81. The molecule has 0 saturated carbocycles. The van der Waals surface area contributed by atoms with Crippen molar-refractivity contribution in [3.63, 3.8) is 0 Å². The average Bonchev–Trinajstić information content (AvgIpc) is 2.63. The molecule has 1 aliphatic rings. The Morgan fingerprint density at radius 1 is 1.26 bits per heavy atom. The Kier molecular flexibility index (Phi) is 5.48. The van der Waals surface area contributed by atoms with E-state index in [0.29, 0.717) is 13.1 Å². The van der Waals surface area contributed by atoms with Gasteiger partial charge in [-0.05, 0) is 29.7 Å². The highest BCUT2D eigenvalue weighted by Crippen LogP contribution is 2.34. The molecule has 1 heterocycles. The van der Waals surface area contributed by atoms with Gasteiger partial charge in [0.1, 0.15) is 5.82 Å². The third kappa shape index (κ3) is 3.42. The highest BCUT2D eigenvalue weighted by molar-refractivity contribution is 6.31. The molecular formula is C20H21ClFN3O2. The molecule has 142 valence electrons. The molecule has 1 fully saturated rings. The van der Waals surface area contributed by atoms with Crippen LogP contribution in [-0.4, -0.2) is 32.0 Å². The van der Waals surface area contributed by atoms with Crippen LogP contribution in [0.2, 0.25) is 5.02 Å². The number of benzene rings is 2. The molecule has 0 atom stereocenters. The monoisotopic (exact) mass is 389 g/mol. The molecule has 2 amide bonds. The number of amides is 2. The summed E-state index contributed by atoms with van der Waals surface area (Å²) in [5, 5.41) is 8.20. The first kappa shape index (κ1) is 19.3. The number of halogens is 2. The van der Waals surface area contributed by atoms with Gasteiger partial charge in [0, 0.05) is 20.1 Å². The zero-order chi connectivity index (χ0) is 19.6. The lowest BCUT2D eigenvalue weighted by molar-refractivity contribution is -0.123. The van der Waals surface area contributed by atoms with Crippen molar-refractivity contribution in [1.82, 2.24) is 10.6 Å². The third-order valence-corrected chi connectivity index (χ3v) is 5.27. The van der Waals surface area contributed by atoms with Crippen molar-refractivity contribution in [2.24, 2.45) is 0 Å². The molecule has 3 rings (SSSR count). The minimum atomic E-state index is -0.761. The van der Waals surface area contributed by atoms with Gasteiger partial charge in [0.2, 0.25) is 5.91 Å². The fourth-order valence-electron chi connectivity index (χ4n) is 3.36. The Morgan fingerprint density at radius 3 is 2.56 bits per heavy atom. The number of anilines is 1. The highest BCUT2D eigenvalue weighted by Gasteiger charge is 2.47. The Balaban J connectivity index is 1.99. The smallest absolute Gasteiger partial charge is 0.253 e. The average molecular weight is 390 g/mol. The second kappa shape index (κ2) is 7.66. The molecule has 1 saturated heterocycles. The zero-order valence-electron chi connectivity index (χ0n) is 15.2. The maximum Gasteiger partial charge on any atom is 0.253 e. The molecule has 0 bridgehead atoms. The summed E-state index contributed by atoms with van der Waals surface area (Å²) < 4.78 is 14.0. The maximum absolute atomic E-state index is 14.0. The number of carbonyl (C=O) groups excluding carboxylic acids is 2. The number of hydrogen-bond acceptors (Lipinski definition) is 3. The van der Waals surface area contributed by atoms with E-state index in [2.05, 4.69) is 16.0 Å². The first-order valence-electron chi connectivity index (χ1n) is 8.74. The molecule has 0 unspecified atom stereocenters. The van der Waals surface area contributed by atoms with Crippen LogP contribution in [0.25, 0.3) is 0 Å². The number of carbonyl (C=O) groups is 2. The van der Waals surface area contributed by atoms with Gasteiger partial charge in [0.15, 0.2) is 0 Å². The van der Waals surface area contributed by atoms with Crippen molar-refractivity contribution in [3.05, 3.63) is 63.9 Å². The normalized spacial score (nSPS) is 15.0. The summed E-state index contributed by atoms with van der Waals surface area (Å²) in [6.07, 6.45) is 0.796. The van der Waals surface area contributed by atoms with Crippen LogP contribution < -0.4 is 16.0 Å². The van der Waals surface area contributed by atoms with Gasteiger partial charge in [-0.15, -0.1) is 0 Å². The lowest BCUT2D eigenvalue weighted by Gasteiger charge is -2.42. The summed E-state index contributed by atoms with van der Waals surface area (Å²) in [6, 6.07) is 10.1. The molecule has 0 aromatic heterocycles. The summed E-state index contributed by atoms with van der Waals surface area (Å²) in [6.45, 7) is 2.98. The van der Waals surface area contributed by atoms with Crippen LogP contribution in [0, 0.1) is 5.82 Å².